The molecule has 1 aliphatic heterocycles. The van der Waals surface area contributed by atoms with E-state index in [1.54, 1.807) is 0 Å². The number of hydrogen-bond donors (Lipinski definition) is 2. The molecule has 0 aliphatic carbocycles. The Labute approximate surface area is 202 Å². The fraction of sp³-hybridized carbons (Fsp3) is 0.148. The van der Waals surface area contributed by atoms with Crippen molar-refractivity contribution in [2.24, 2.45) is 0 Å². The summed E-state index contributed by atoms with van der Waals surface area (Å²) >= 11 is 7.56. The maximum absolute atomic E-state index is 12.7. The molecule has 3 aromatic carbocycles. The first-order valence-electron chi connectivity index (χ1n) is 10.8. The molecule has 4 nitrogen and oxygen atoms in total. The van der Waals surface area contributed by atoms with Crippen molar-refractivity contribution >= 4 is 51.9 Å². The zero-order chi connectivity index (χ0) is 22.9. The highest BCUT2D eigenvalue weighted by atomic mass is 35.5. The maximum atomic E-state index is 12.7. The van der Waals surface area contributed by atoms with E-state index in [1.165, 1.54) is 22.9 Å². The topological polar surface area (TPSA) is 46.1 Å². The van der Waals surface area contributed by atoms with Gasteiger partial charge in [0.2, 0.25) is 0 Å². The van der Waals surface area contributed by atoms with Crippen LogP contribution in [0.1, 0.15) is 22.3 Å². The van der Waals surface area contributed by atoms with Gasteiger partial charge in [-0.05, 0) is 55.3 Å². The predicted molar refractivity (Wildman–Crippen MR) is 140 cm³/mol. The van der Waals surface area contributed by atoms with E-state index < -0.39 is 0 Å². The Kier molecular flexibility index (Phi) is 5.92. The normalized spacial score (nSPS) is 17.0. The minimum Gasteiger partial charge on any atom is -0.356 e. The van der Waals surface area contributed by atoms with Crippen LogP contribution in [0.3, 0.4) is 0 Å². The van der Waals surface area contributed by atoms with Crippen LogP contribution in [0.2, 0.25) is 5.02 Å². The minimum absolute atomic E-state index is 0.0698. The van der Waals surface area contributed by atoms with Crippen LogP contribution >= 0.6 is 23.4 Å². The van der Waals surface area contributed by atoms with Gasteiger partial charge in [-0.3, -0.25) is 4.79 Å². The van der Waals surface area contributed by atoms with Crippen LogP contribution in [0.5, 0.6) is 0 Å². The maximum Gasteiger partial charge on any atom is 0.260 e. The monoisotopic (exact) mass is 473 g/mol. The number of benzene rings is 3. The second-order valence-corrected chi connectivity index (χ2v) is 9.89. The molecule has 0 saturated carbocycles. The van der Waals surface area contributed by atoms with Crippen LogP contribution in [0.4, 0.5) is 5.69 Å². The van der Waals surface area contributed by atoms with E-state index in [0.717, 1.165) is 34.3 Å². The largest absolute Gasteiger partial charge is 0.356 e. The second kappa shape index (κ2) is 9.00. The molecule has 5 rings (SSSR count). The zero-order valence-electron chi connectivity index (χ0n) is 18.4. The highest BCUT2D eigenvalue weighted by Gasteiger charge is 2.27. The van der Waals surface area contributed by atoms with Crippen molar-refractivity contribution in [1.82, 2.24) is 9.88 Å². The van der Waals surface area contributed by atoms with Gasteiger partial charge >= 0.3 is 0 Å². The Bertz CT molecular complexity index is 1390. The lowest BCUT2D eigenvalue weighted by Crippen LogP contribution is -2.31. The number of thioether (sulfide) groups is 1. The molecule has 1 atom stereocenters. The molecule has 2 N–H and O–H groups in total. The van der Waals surface area contributed by atoms with Gasteiger partial charge in [-0.15, -0.1) is 0 Å². The van der Waals surface area contributed by atoms with Crippen molar-refractivity contribution in [2.75, 3.05) is 5.32 Å². The van der Waals surface area contributed by atoms with E-state index in [9.17, 15) is 4.79 Å². The van der Waals surface area contributed by atoms with Crippen molar-refractivity contribution < 1.29 is 4.79 Å². The molecule has 0 radical (unpaired) electrons. The highest BCUT2D eigenvalue weighted by molar-refractivity contribution is 8.05. The molecule has 0 spiro atoms. The van der Waals surface area contributed by atoms with Gasteiger partial charge in [-0.1, -0.05) is 71.4 Å². The van der Waals surface area contributed by atoms with Crippen molar-refractivity contribution in [3.63, 3.8) is 0 Å². The average Bonchev–Trinajstić information content (AvgIpc) is 3.30. The van der Waals surface area contributed by atoms with Crippen LogP contribution in [0.15, 0.2) is 77.8 Å². The third-order valence-electron chi connectivity index (χ3n) is 5.75. The number of carbonyl (C=O) groups excluding carboxylic acids is 1. The molecule has 4 aromatic rings. The van der Waals surface area contributed by atoms with E-state index in [1.807, 2.05) is 37.3 Å². The van der Waals surface area contributed by atoms with E-state index in [-0.39, 0.29) is 11.4 Å². The summed E-state index contributed by atoms with van der Waals surface area (Å²) in [5.74, 6) is -0.0698. The van der Waals surface area contributed by atoms with E-state index in [2.05, 4.69) is 70.8 Å². The van der Waals surface area contributed by atoms with Gasteiger partial charge in [-0.2, -0.15) is 0 Å². The summed E-state index contributed by atoms with van der Waals surface area (Å²) in [6.07, 6.45) is 4.13. The zero-order valence-corrected chi connectivity index (χ0v) is 20.0. The van der Waals surface area contributed by atoms with Gasteiger partial charge in [0.05, 0.1) is 4.91 Å². The fourth-order valence-corrected chi connectivity index (χ4v) is 5.36. The lowest BCUT2D eigenvalue weighted by atomic mass is 10.1. The SMILES string of the molecule is Cc1cccc(Cn2cc(/C=C3\SC(Nc4ccc(Cl)cc4C)NC3=O)c3ccccc32)c1. The molecule has 166 valence electrons. The lowest BCUT2D eigenvalue weighted by molar-refractivity contribution is -0.116. The molecule has 33 heavy (non-hydrogen) atoms. The number of anilines is 1. The van der Waals surface area contributed by atoms with Crippen molar-refractivity contribution in [2.45, 2.75) is 25.9 Å². The quantitative estimate of drug-likeness (QED) is 0.323. The second-order valence-electron chi connectivity index (χ2n) is 8.30. The molecule has 1 aliphatic rings. The van der Waals surface area contributed by atoms with Gasteiger partial charge < -0.3 is 15.2 Å². The molecule has 2 heterocycles. The van der Waals surface area contributed by atoms with Gasteiger partial charge in [0.1, 0.15) is 0 Å². The van der Waals surface area contributed by atoms with Gasteiger partial charge in [-0.25, -0.2) is 0 Å². The molecule has 1 aromatic heterocycles. The Morgan fingerprint density at radius 2 is 1.94 bits per heavy atom. The molecule has 6 heteroatoms. The van der Waals surface area contributed by atoms with Crippen molar-refractivity contribution in [1.29, 1.82) is 0 Å². The number of halogens is 1. The molecular weight excluding hydrogens is 450 g/mol. The number of fused-ring (bicyclic) bond motifs is 1. The van der Waals surface area contributed by atoms with Gasteiger partial charge in [0, 0.05) is 39.9 Å². The Hall–Kier alpha value is -3.15. The highest BCUT2D eigenvalue weighted by Crippen LogP contribution is 2.33. The first-order valence-corrected chi connectivity index (χ1v) is 12.1. The van der Waals surface area contributed by atoms with Gasteiger partial charge in [0.25, 0.3) is 5.91 Å². The molecule has 0 bridgehead atoms. The minimum atomic E-state index is -0.232. The van der Waals surface area contributed by atoms with E-state index in [4.69, 9.17) is 11.6 Å². The lowest BCUT2D eigenvalue weighted by Gasteiger charge is -2.14. The van der Waals surface area contributed by atoms with E-state index in [0.29, 0.717) is 9.93 Å². The summed E-state index contributed by atoms with van der Waals surface area (Å²) in [5, 5.41) is 8.24. The average molecular weight is 474 g/mol. The number of amides is 1. The molecule has 1 unspecified atom stereocenters. The summed E-state index contributed by atoms with van der Waals surface area (Å²) in [6, 6.07) is 22.6. The summed E-state index contributed by atoms with van der Waals surface area (Å²) in [5.41, 5.74) is 6.46. The number of aryl methyl sites for hydroxylation is 2. The third kappa shape index (κ3) is 4.65. The van der Waals surface area contributed by atoms with Crippen LogP contribution in [0, 0.1) is 13.8 Å². The number of carbonyl (C=O) groups is 1. The third-order valence-corrected chi connectivity index (χ3v) is 7.01. The van der Waals surface area contributed by atoms with Crippen LogP contribution < -0.4 is 10.6 Å². The van der Waals surface area contributed by atoms with Crippen molar-refractivity contribution in [3.8, 4) is 0 Å². The Morgan fingerprint density at radius 1 is 1.09 bits per heavy atom. The van der Waals surface area contributed by atoms with Crippen LogP contribution in [-0.4, -0.2) is 16.0 Å². The number of para-hydroxylation sites is 1. The first kappa shape index (κ1) is 21.7. The first-order chi connectivity index (χ1) is 16.0. The molecule has 1 fully saturated rings. The Morgan fingerprint density at radius 3 is 2.76 bits per heavy atom. The van der Waals surface area contributed by atoms with Crippen molar-refractivity contribution in [3.05, 3.63) is 105 Å². The summed E-state index contributed by atoms with van der Waals surface area (Å²) < 4.78 is 2.25. The summed E-state index contributed by atoms with van der Waals surface area (Å²) in [6.45, 7) is 4.89. The fourth-order valence-electron chi connectivity index (χ4n) is 4.16. The molecule has 1 amide bonds. The Balaban J connectivity index is 1.42. The number of hydrogen-bond acceptors (Lipinski definition) is 3. The van der Waals surface area contributed by atoms with Gasteiger partial charge in [0.15, 0.2) is 5.50 Å². The standard InChI is InChI=1S/C27H24ClN3OS/c1-17-6-5-7-19(12-17)15-31-16-20(22-8-3-4-9-24(22)31)14-25-26(32)30-27(33-25)29-23-11-10-21(28)13-18(23)2/h3-14,16,27,29H,15H2,1-2H3,(H,30,32)/b25-14-. The summed E-state index contributed by atoms with van der Waals surface area (Å²) in [4.78, 5) is 13.4. The number of aromatic nitrogens is 1. The van der Waals surface area contributed by atoms with Crippen LogP contribution in [-0.2, 0) is 11.3 Å². The van der Waals surface area contributed by atoms with Crippen LogP contribution in [0.25, 0.3) is 17.0 Å². The molecule has 1 saturated heterocycles. The number of nitrogens with one attached hydrogen (secondary N) is 2. The number of nitrogens with zero attached hydrogens (tertiary/aromatic N) is 1. The number of rotatable bonds is 5. The van der Waals surface area contributed by atoms with E-state index >= 15 is 0 Å². The predicted octanol–water partition coefficient (Wildman–Crippen LogP) is 6.56. The summed E-state index contributed by atoms with van der Waals surface area (Å²) in [7, 11) is 0. The smallest absolute Gasteiger partial charge is 0.260 e. The molecular formula is C27H24ClN3OS.